The van der Waals surface area contributed by atoms with Crippen molar-refractivity contribution in [3.63, 3.8) is 0 Å². The summed E-state index contributed by atoms with van der Waals surface area (Å²) in [4.78, 5) is 25.9. The average molecular weight is 274 g/mol. The third-order valence-electron chi connectivity index (χ3n) is 2.93. The van der Waals surface area contributed by atoms with Crippen LogP contribution in [0, 0.1) is 17.0 Å². The van der Waals surface area contributed by atoms with Gasteiger partial charge in [-0.25, -0.2) is 0 Å². The Hall–Kier alpha value is -2.70. The molecule has 0 aliphatic heterocycles. The molecule has 0 saturated heterocycles. The van der Waals surface area contributed by atoms with Crippen molar-refractivity contribution in [1.82, 2.24) is 10.3 Å². The van der Waals surface area contributed by atoms with Gasteiger partial charge in [0, 0.05) is 36.1 Å². The summed E-state index contributed by atoms with van der Waals surface area (Å²) < 4.78 is 0. The van der Waals surface area contributed by atoms with E-state index >= 15 is 0 Å². The minimum atomic E-state index is -0.443. The molecule has 7 nitrogen and oxygen atoms in total. The topological polar surface area (TPSA) is 97.2 Å². The molecule has 1 heterocycles. The third-order valence-corrected chi connectivity index (χ3v) is 2.93. The van der Waals surface area contributed by atoms with E-state index in [2.05, 4.69) is 15.6 Å². The van der Waals surface area contributed by atoms with Gasteiger partial charge in [0.05, 0.1) is 16.9 Å². The first-order valence-corrected chi connectivity index (χ1v) is 6.01. The summed E-state index contributed by atoms with van der Waals surface area (Å²) >= 11 is 0. The van der Waals surface area contributed by atoms with Crippen molar-refractivity contribution in [2.45, 2.75) is 6.92 Å². The van der Waals surface area contributed by atoms with Gasteiger partial charge in [0.15, 0.2) is 0 Å². The van der Waals surface area contributed by atoms with Crippen LogP contribution >= 0.6 is 0 Å². The van der Waals surface area contributed by atoms with E-state index in [9.17, 15) is 14.9 Å². The van der Waals surface area contributed by atoms with E-state index < -0.39 is 4.92 Å². The second-order valence-corrected chi connectivity index (χ2v) is 4.29. The lowest BCUT2D eigenvalue weighted by molar-refractivity contribution is -0.383. The molecule has 0 aliphatic rings. The molecule has 2 aromatic rings. The smallest absolute Gasteiger partial charge is 0.278 e. The van der Waals surface area contributed by atoms with Crippen molar-refractivity contribution >= 4 is 28.1 Å². The van der Waals surface area contributed by atoms with Crippen LogP contribution in [0.2, 0.25) is 0 Å². The zero-order chi connectivity index (χ0) is 14.7. The Morgan fingerprint density at radius 2 is 2.15 bits per heavy atom. The highest BCUT2D eigenvalue weighted by Crippen LogP contribution is 2.31. The maximum Gasteiger partial charge on any atom is 0.278 e. The molecule has 20 heavy (non-hydrogen) atoms. The first-order valence-electron chi connectivity index (χ1n) is 6.01. The second kappa shape index (κ2) is 5.52. The number of aryl methyl sites for hydroxylation is 1. The zero-order valence-corrected chi connectivity index (χ0v) is 11.1. The van der Waals surface area contributed by atoms with Crippen molar-refractivity contribution in [1.29, 1.82) is 0 Å². The molecule has 0 atom stereocenters. The summed E-state index contributed by atoms with van der Waals surface area (Å²) in [6.45, 7) is 1.91. The molecule has 0 unspecified atom stereocenters. The largest absolute Gasteiger partial charge is 0.376 e. The van der Waals surface area contributed by atoms with Crippen LogP contribution in [0.4, 0.5) is 11.4 Å². The molecular weight excluding hydrogens is 260 g/mol. The highest BCUT2D eigenvalue weighted by molar-refractivity contribution is 6.00. The Bertz CT molecular complexity index is 685. The Morgan fingerprint density at radius 3 is 2.80 bits per heavy atom. The molecule has 0 aliphatic carbocycles. The van der Waals surface area contributed by atoms with Crippen LogP contribution in [-0.4, -0.2) is 29.4 Å². The number of likely N-dealkylation sites (N-methyl/N-ethyl adjacent to an activating group) is 1. The molecule has 2 N–H and O–H groups in total. The maximum absolute atomic E-state index is 11.3. The minimum absolute atomic E-state index is 0.00186. The predicted octanol–water partition coefficient (Wildman–Crippen LogP) is 1.61. The molecule has 1 aromatic carbocycles. The number of nitro benzene ring substituents is 1. The van der Waals surface area contributed by atoms with E-state index in [1.54, 1.807) is 26.1 Å². The van der Waals surface area contributed by atoms with Gasteiger partial charge < -0.3 is 10.6 Å². The number of fused-ring (bicyclic) bond motifs is 1. The van der Waals surface area contributed by atoms with E-state index in [0.717, 1.165) is 5.69 Å². The van der Waals surface area contributed by atoms with E-state index in [0.29, 0.717) is 16.5 Å². The standard InChI is InChI=1S/C13H14N4O3/c1-8-5-9-10(6-15-8)12(17(19)20)4-3-11(9)16-7-13(18)14-2/h3-6,16H,7H2,1-2H3,(H,14,18). The van der Waals surface area contributed by atoms with E-state index in [-0.39, 0.29) is 18.1 Å². The number of aromatic nitrogens is 1. The lowest BCUT2D eigenvalue weighted by atomic mass is 10.1. The molecular formula is C13H14N4O3. The number of rotatable bonds is 4. The SMILES string of the molecule is CNC(=O)CNc1ccc([N+](=O)[O-])c2cnc(C)cc12. The summed E-state index contributed by atoms with van der Waals surface area (Å²) in [5.74, 6) is -0.165. The Kier molecular flexibility index (Phi) is 3.79. The van der Waals surface area contributed by atoms with E-state index in [4.69, 9.17) is 0 Å². The number of amides is 1. The molecule has 1 amide bonds. The van der Waals surface area contributed by atoms with Crippen molar-refractivity contribution < 1.29 is 9.72 Å². The highest BCUT2D eigenvalue weighted by Gasteiger charge is 2.15. The Balaban J connectivity index is 2.50. The second-order valence-electron chi connectivity index (χ2n) is 4.29. The first-order chi connectivity index (χ1) is 9.52. The van der Waals surface area contributed by atoms with Gasteiger partial charge in [-0.2, -0.15) is 0 Å². The minimum Gasteiger partial charge on any atom is -0.376 e. The van der Waals surface area contributed by atoms with Gasteiger partial charge in [-0.1, -0.05) is 0 Å². The zero-order valence-electron chi connectivity index (χ0n) is 11.1. The normalized spacial score (nSPS) is 10.3. The number of nitrogens with zero attached hydrogens (tertiary/aromatic N) is 2. The van der Waals surface area contributed by atoms with Crippen molar-refractivity contribution in [2.24, 2.45) is 0 Å². The fraction of sp³-hybridized carbons (Fsp3) is 0.231. The number of hydrogen-bond acceptors (Lipinski definition) is 5. The van der Waals surface area contributed by atoms with E-state index in [1.807, 2.05) is 0 Å². The van der Waals surface area contributed by atoms with Crippen LogP contribution in [-0.2, 0) is 4.79 Å². The Labute approximate surface area is 115 Å². The average Bonchev–Trinajstić information content (AvgIpc) is 2.43. The van der Waals surface area contributed by atoms with Crippen LogP contribution in [0.1, 0.15) is 5.69 Å². The molecule has 104 valence electrons. The number of benzene rings is 1. The fourth-order valence-electron chi connectivity index (χ4n) is 1.91. The van der Waals surface area contributed by atoms with Crippen LogP contribution in [0.15, 0.2) is 24.4 Å². The Morgan fingerprint density at radius 1 is 1.40 bits per heavy atom. The lowest BCUT2D eigenvalue weighted by Gasteiger charge is -2.10. The number of nitrogens with one attached hydrogen (secondary N) is 2. The predicted molar refractivity (Wildman–Crippen MR) is 75.7 cm³/mol. The fourth-order valence-corrected chi connectivity index (χ4v) is 1.91. The summed E-state index contributed by atoms with van der Waals surface area (Å²) in [7, 11) is 1.55. The molecule has 7 heteroatoms. The quantitative estimate of drug-likeness (QED) is 0.652. The molecule has 0 saturated carbocycles. The van der Waals surface area contributed by atoms with Gasteiger partial charge >= 0.3 is 0 Å². The number of non-ortho nitro benzene ring substituents is 1. The van der Waals surface area contributed by atoms with Crippen molar-refractivity contribution in [2.75, 3.05) is 18.9 Å². The lowest BCUT2D eigenvalue weighted by Crippen LogP contribution is -2.26. The molecule has 1 aromatic heterocycles. The number of hydrogen-bond donors (Lipinski definition) is 2. The van der Waals surface area contributed by atoms with Gasteiger partial charge in [-0.3, -0.25) is 19.9 Å². The number of pyridine rings is 1. The van der Waals surface area contributed by atoms with Crippen LogP contribution in [0.5, 0.6) is 0 Å². The van der Waals surface area contributed by atoms with Crippen LogP contribution in [0.25, 0.3) is 10.8 Å². The number of carbonyl (C=O) groups excluding carboxylic acids is 1. The summed E-state index contributed by atoms with van der Waals surface area (Å²) in [5, 5.41) is 17.6. The summed E-state index contributed by atoms with van der Waals surface area (Å²) in [6, 6.07) is 4.77. The molecule has 2 rings (SSSR count). The first kappa shape index (κ1) is 13.7. The van der Waals surface area contributed by atoms with Crippen molar-refractivity contribution in [3.05, 3.63) is 40.2 Å². The van der Waals surface area contributed by atoms with Crippen LogP contribution < -0.4 is 10.6 Å². The molecule has 0 fully saturated rings. The highest BCUT2D eigenvalue weighted by atomic mass is 16.6. The van der Waals surface area contributed by atoms with E-state index in [1.165, 1.54) is 12.3 Å². The van der Waals surface area contributed by atoms with Gasteiger partial charge in [-0.05, 0) is 19.1 Å². The van der Waals surface area contributed by atoms with Gasteiger partial charge in [0.25, 0.3) is 5.69 Å². The monoisotopic (exact) mass is 274 g/mol. The van der Waals surface area contributed by atoms with Gasteiger partial charge in [0.1, 0.15) is 0 Å². The van der Waals surface area contributed by atoms with Gasteiger partial charge in [-0.15, -0.1) is 0 Å². The van der Waals surface area contributed by atoms with Crippen LogP contribution in [0.3, 0.4) is 0 Å². The third kappa shape index (κ3) is 2.66. The summed E-state index contributed by atoms with van der Waals surface area (Å²) in [5.41, 5.74) is 1.42. The number of anilines is 1. The van der Waals surface area contributed by atoms with Crippen molar-refractivity contribution in [3.8, 4) is 0 Å². The number of nitro groups is 1. The summed E-state index contributed by atoms with van der Waals surface area (Å²) in [6.07, 6.45) is 1.48. The maximum atomic E-state index is 11.3. The van der Waals surface area contributed by atoms with Gasteiger partial charge in [0.2, 0.25) is 5.91 Å². The molecule has 0 spiro atoms. The molecule has 0 radical (unpaired) electrons. The number of carbonyl (C=O) groups is 1. The molecule has 0 bridgehead atoms.